The summed E-state index contributed by atoms with van der Waals surface area (Å²) in [4.78, 5) is 44.3. The molecule has 8 heteroatoms. The Bertz CT molecular complexity index is 985. The molecule has 2 bridgehead atoms. The Morgan fingerprint density at radius 2 is 2.00 bits per heavy atom. The maximum Gasteiger partial charge on any atom is 0.310 e. The molecule has 7 nitrogen and oxygen atoms in total. The molecule has 36 heavy (non-hydrogen) atoms. The molecule has 0 saturated carbocycles. The van der Waals surface area contributed by atoms with Gasteiger partial charge in [0.15, 0.2) is 0 Å². The first-order valence-corrected chi connectivity index (χ1v) is 13.7. The van der Waals surface area contributed by atoms with Crippen LogP contribution in [0.5, 0.6) is 0 Å². The van der Waals surface area contributed by atoms with Gasteiger partial charge in [-0.15, -0.1) is 24.9 Å². The standard InChI is InChI=1S/C28H36N2O5S/c1-3-5-6-10-18-35-27(34)22-21-13-14-28(36-21)23(22)25(32)30(16-17-31)24(28)26(33)29(15-4-2)19-20-11-8-7-9-12-20/h3-4,7-9,11-12,21-24,31H,1-2,5-6,10,13-19H2/t21-,22+,23+,24?,28?/m1/s1. The average molecular weight is 513 g/mol. The number of allylic oxidation sites excluding steroid dienone is 1. The lowest BCUT2D eigenvalue weighted by Gasteiger charge is -2.37. The van der Waals surface area contributed by atoms with Crippen LogP contribution in [0.2, 0.25) is 0 Å². The second kappa shape index (κ2) is 11.6. The van der Waals surface area contributed by atoms with Crippen molar-refractivity contribution in [2.24, 2.45) is 11.8 Å². The molecule has 1 aromatic rings. The van der Waals surface area contributed by atoms with Gasteiger partial charge in [0.1, 0.15) is 6.04 Å². The molecule has 2 amide bonds. The molecule has 2 unspecified atom stereocenters. The third-order valence-corrected chi connectivity index (χ3v) is 9.52. The minimum Gasteiger partial charge on any atom is -0.465 e. The van der Waals surface area contributed by atoms with Crippen LogP contribution in [0, 0.1) is 11.8 Å². The van der Waals surface area contributed by atoms with E-state index in [0.717, 1.165) is 31.2 Å². The van der Waals surface area contributed by atoms with E-state index in [1.807, 2.05) is 36.4 Å². The summed E-state index contributed by atoms with van der Waals surface area (Å²) in [6.45, 7) is 8.42. The number of unbranched alkanes of at least 4 members (excludes halogenated alkanes) is 2. The van der Waals surface area contributed by atoms with Gasteiger partial charge in [-0.3, -0.25) is 14.4 Å². The molecule has 5 atom stereocenters. The minimum atomic E-state index is -0.730. The number of benzene rings is 1. The second-order valence-corrected chi connectivity index (χ2v) is 11.4. The van der Waals surface area contributed by atoms with Crippen LogP contribution in [0.1, 0.15) is 37.7 Å². The van der Waals surface area contributed by atoms with E-state index in [1.54, 1.807) is 22.7 Å². The highest BCUT2D eigenvalue weighted by Crippen LogP contribution is 2.66. The zero-order chi connectivity index (χ0) is 25.7. The first kappa shape index (κ1) is 26.5. The Morgan fingerprint density at radius 1 is 1.22 bits per heavy atom. The number of nitrogens with zero attached hydrogens (tertiary/aromatic N) is 2. The smallest absolute Gasteiger partial charge is 0.310 e. The topological polar surface area (TPSA) is 87.1 Å². The quantitative estimate of drug-likeness (QED) is 0.248. The molecule has 1 N–H and O–H groups in total. The third-order valence-electron chi connectivity index (χ3n) is 7.57. The molecule has 1 spiro atoms. The number of aliphatic hydroxyl groups is 1. The van der Waals surface area contributed by atoms with Crippen molar-refractivity contribution in [1.29, 1.82) is 0 Å². The highest BCUT2D eigenvalue weighted by Gasteiger charge is 2.74. The molecule has 194 valence electrons. The number of rotatable bonds is 13. The number of β-amino-alcohol motifs (C(OH)–C–C–N with tert-alkyl or cyclic N) is 1. The lowest BCUT2D eigenvalue weighted by molar-refractivity contribution is -0.154. The maximum absolute atomic E-state index is 14.1. The van der Waals surface area contributed by atoms with Gasteiger partial charge in [-0.25, -0.2) is 0 Å². The predicted octanol–water partition coefficient (Wildman–Crippen LogP) is 3.18. The fourth-order valence-electron chi connectivity index (χ4n) is 6.07. The molecule has 0 aliphatic carbocycles. The highest BCUT2D eigenvalue weighted by molar-refractivity contribution is 8.02. The summed E-state index contributed by atoms with van der Waals surface area (Å²) >= 11 is 1.61. The van der Waals surface area contributed by atoms with E-state index < -0.39 is 22.6 Å². The number of amides is 2. The van der Waals surface area contributed by atoms with Crippen molar-refractivity contribution in [1.82, 2.24) is 9.80 Å². The Balaban J connectivity index is 1.59. The van der Waals surface area contributed by atoms with Crippen molar-refractivity contribution in [2.75, 3.05) is 26.3 Å². The van der Waals surface area contributed by atoms with Gasteiger partial charge in [-0.2, -0.15) is 0 Å². The highest BCUT2D eigenvalue weighted by atomic mass is 32.2. The minimum absolute atomic E-state index is 0.0341. The molecule has 3 aliphatic rings. The van der Waals surface area contributed by atoms with E-state index in [0.29, 0.717) is 26.1 Å². The number of carbonyl (C=O) groups is 3. The second-order valence-electron chi connectivity index (χ2n) is 9.76. The molecule has 4 rings (SSSR count). The van der Waals surface area contributed by atoms with Gasteiger partial charge < -0.3 is 19.6 Å². The predicted molar refractivity (Wildman–Crippen MR) is 140 cm³/mol. The van der Waals surface area contributed by atoms with Crippen LogP contribution < -0.4 is 0 Å². The number of fused-ring (bicyclic) bond motifs is 1. The van der Waals surface area contributed by atoms with E-state index >= 15 is 0 Å². The van der Waals surface area contributed by atoms with Gasteiger partial charge in [-0.05, 0) is 37.7 Å². The Morgan fingerprint density at radius 3 is 2.69 bits per heavy atom. The van der Waals surface area contributed by atoms with E-state index in [1.165, 1.54) is 4.90 Å². The Hall–Kier alpha value is -2.58. The maximum atomic E-state index is 14.1. The van der Waals surface area contributed by atoms with Crippen molar-refractivity contribution < 1.29 is 24.2 Å². The number of aliphatic hydroxyl groups excluding tert-OH is 1. The van der Waals surface area contributed by atoms with Crippen molar-refractivity contribution in [3.05, 3.63) is 61.2 Å². The molecule has 0 radical (unpaired) electrons. The monoisotopic (exact) mass is 512 g/mol. The number of hydrogen-bond acceptors (Lipinski definition) is 6. The number of hydrogen-bond donors (Lipinski definition) is 1. The van der Waals surface area contributed by atoms with Gasteiger partial charge in [-0.1, -0.05) is 42.5 Å². The van der Waals surface area contributed by atoms with Crippen LogP contribution >= 0.6 is 11.8 Å². The summed E-state index contributed by atoms with van der Waals surface area (Å²) in [5.41, 5.74) is 0.987. The first-order chi connectivity index (χ1) is 17.5. The van der Waals surface area contributed by atoms with E-state index in [4.69, 9.17) is 4.74 Å². The third kappa shape index (κ3) is 4.85. The van der Waals surface area contributed by atoms with Crippen LogP contribution in [-0.2, 0) is 25.7 Å². The average Bonchev–Trinajstić information content (AvgIpc) is 3.52. The Labute approximate surface area is 217 Å². The first-order valence-electron chi connectivity index (χ1n) is 12.8. The van der Waals surface area contributed by atoms with Crippen molar-refractivity contribution in [3.8, 4) is 0 Å². The number of carbonyl (C=O) groups excluding carboxylic acids is 3. The van der Waals surface area contributed by atoms with Crippen LogP contribution in [0.25, 0.3) is 0 Å². The molecule has 3 saturated heterocycles. The molecular weight excluding hydrogens is 476 g/mol. The molecule has 3 fully saturated rings. The SMILES string of the molecule is C=CCCCCOC(=O)[C@@H]1[C@H]2C(=O)N(CCO)C(C(=O)N(CC=C)Cc3ccccc3)C23CC[C@H]1S3. The largest absolute Gasteiger partial charge is 0.465 e. The lowest BCUT2D eigenvalue weighted by atomic mass is 9.71. The lowest BCUT2D eigenvalue weighted by Crippen LogP contribution is -2.54. The van der Waals surface area contributed by atoms with E-state index in [2.05, 4.69) is 13.2 Å². The number of ether oxygens (including phenoxy) is 1. The molecular formula is C28H36N2O5S. The van der Waals surface area contributed by atoms with Crippen molar-refractivity contribution in [3.63, 3.8) is 0 Å². The molecule has 0 aromatic heterocycles. The van der Waals surface area contributed by atoms with Crippen LogP contribution in [0.3, 0.4) is 0 Å². The summed E-state index contributed by atoms with van der Waals surface area (Å²) in [6.07, 6.45) is 7.50. The van der Waals surface area contributed by atoms with Gasteiger partial charge in [0.05, 0.1) is 29.8 Å². The van der Waals surface area contributed by atoms with E-state index in [9.17, 15) is 19.5 Å². The Kier molecular flexibility index (Phi) is 8.57. The number of thioether (sulfide) groups is 1. The normalized spacial score (nSPS) is 28.1. The summed E-state index contributed by atoms with van der Waals surface area (Å²) in [7, 11) is 0. The van der Waals surface area contributed by atoms with Crippen LogP contribution in [0.15, 0.2) is 55.6 Å². The zero-order valence-corrected chi connectivity index (χ0v) is 21.5. The summed E-state index contributed by atoms with van der Waals surface area (Å²) in [5.74, 6) is -1.88. The van der Waals surface area contributed by atoms with Gasteiger partial charge in [0.2, 0.25) is 11.8 Å². The number of esters is 1. The fourth-order valence-corrected chi connectivity index (χ4v) is 8.27. The van der Waals surface area contributed by atoms with Crippen LogP contribution in [-0.4, -0.2) is 75.0 Å². The summed E-state index contributed by atoms with van der Waals surface area (Å²) < 4.78 is 4.94. The van der Waals surface area contributed by atoms with Crippen molar-refractivity contribution in [2.45, 2.75) is 54.7 Å². The van der Waals surface area contributed by atoms with E-state index in [-0.39, 0.29) is 36.2 Å². The molecule has 3 heterocycles. The fraction of sp³-hybridized carbons (Fsp3) is 0.536. The van der Waals surface area contributed by atoms with Crippen LogP contribution in [0.4, 0.5) is 0 Å². The zero-order valence-electron chi connectivity index (χ0n) is 20.7. The van der Waals surface area contributed by atoms with Gasteiger partial charge in [0.25, 0.3) is 0 Å². The van der Waals surface area contributed by atoms with Gasteiger partial charge in [0, 0.05) is 24.9 Å². The van der Waals surface area contributed by atoms with Crippen molar-refractivity contribution >= 4 is 29.5 Å². The van der Waals surface area contributed by atoms with Gasteiger partial charge >= 0.3 is 5.97 Å². The summed E-state index contributed by atoms with van der Waals surface area (Å²) in [5, 5.41) is 9.74. The summed E-state index contributed by atoms with van der Waals surface area (Å²) in [6, 6.07) is 8.99. The molecule has 3 aliphatic heterocycles. The molecule has 1 aromatic carbocycles. The number of likely N-dealkylation sites (tertiary alicyclic amines) is 1.